The molecule has 0 saturated carbocycles. The van der Waals surface area contributed by atoms with Gasteiger partial charge in [0.2, 0.25) is 0 Å². The van der Waals surface area contributed by atoms with Gasteiger partial charge in [0.05, 0.1) is 5.71 Å². The summed E-state index contributed by atoms with van der Waals surface area (Å²) in [7, 11) is 0. The van der Waals surface area contributed by atoms with E-state index >= 15 is 0 Å². The lowest BCUT2D eigenvalue weighted by atomic mass is 10.1. The van der Waals surface area contributed by atoms with Crippen LogP contribution in [0.3, 0.4) is 0 Å². The number of allylic oxidation sites excluding steroid dienone is 1. The number of aryl methyl sites for hydroxylation is 1. The molecule has 0 unspecified atom stereocenters. The highest BCUT2D eigenvalue weighted by atomic mass is 16.4. The molecule has 0 fully saturated rings. The number of hydrogen-bond acceptors (Lipinski definition) is 2. The molecule has 0 radical (unpaired) electrons. The summed E-state index contributed by atoms with van der Waals surface area (Å²) in [6, 6.07) is 8.14. The summed E-state index contributed by atoms with van der Waals surface area (Å²) in [5, 5.41) is 11.4. The van der Waals surface area contributed by atoms with E-state index in [1.165, 1.54) is 5.56 Å². The van der Waals surface area contributed by atoms with Gasteiger partial charge in [0, 0.05) is 0 Å². The Bertz CT molecular complexity index is 322. The Morgan fingerprint density at radius 3 is 2.46 bits per heavy atom. The number of hydrogen-bond donors (Lipinski definition) is 1. The Balaban J connectivity index is 2.75. The minimum atomic E-state index is 0.598. The van der Waals surface area contributed by atoms with Gasteiger partial charge < -0.3 is 5.21 Å². The molecular formula is C11H13NO. The molecular weight excluding hydrogens is 162 g/mol. The van der Waals surface area contributed by atoms with Gasteiger partial charge in [0.15, 0.2) is 0 Å². The summed E-state index contributed by atoms with van der Waals surface area (Å²) in [5.74, 6) is 0. The van der Waals surface area contributed by atoms with Crippen molar-refractivity contribution in [3.05, 3.63) is 41.5 Å². The van der Waals surface area contributed by atoms with E-state index in [0.29, 0.717) is 5.71 Å². The Hall–Kier alpha value is -1.57. The summed E-state index contributed by atoms with van der Waals surface area (Å²) in [6.07, 6.45) is 3.68. The highest BCUT2D eigenvalue weighted by molar-refractivity contribution is 5.95. The molecule has 1 aromatic rings. The number of rotatable bonds is 2. The van der Waals surface area contributed by atoms with Crippen molar-refractivity contribution < 1.29 is 5.21 Å². The van der Waals surface area contributed by atoms with Crippen LogP contribution in [0.15, 0.2) is 35.5 Å². The molecule has 0 atom stereocenters. The zero-order chi connectivity index (χ0) is 9.68. The summed E-state index contributed by atoms with van der Waals surface area (Å²) >= 11 is 0. The molecule has 0 saturated heterocycles. The average molecular weight is 175 g/mol. The van der Waals surface area contributed by atoms with Gasteiger partial charge in [0.25, 0.3) is 0 Å². The minimum Gasteiger partial charge on any atom is -0.411 e. The lowest BCUT2D eigenvalue weighted by Gasteiger charge is -1.93. The van der Waals surface area contributed by atoms with Crippen LogP contribution in [0.4, 0.5) is 0 Å². The van der Waals surface area contributed by atoms with Crippen molar-refractivity contribution >= 4 is 11.8 Å². The van der Waals surface area contributed by atoms with Gasteiger partial charge >= 0.3 is 0 Å². The van der Waals surface area contributed by atoms with Gasteiger partial charge in [-0.15, -0.1) is 0 Å². The SMILES string of the molecule is CC(/C=C/c1ccc(C)cc1)=N\O. The second kappa shape index (κ2) is 4.45. The first-order chi connectivity index (χ1) is 6.22. The van der Waals surface area contributed by atoms with Crippen LogP contribution < -0.4 is 0 Å². The predicted molar refractivity (Wildman–Crippen MR) is 55.1 cm³/mol. The van der Waals surface area contributed by atoms with E-state index in [1.807, 2.05) is 37.3 Å². The van der Waals surface area contributed by atoms with E-state index < -0.39 is 0 Å². The van der Waals surface area contributed by atoms with Crippen molar-refractivity contribution in [2.45, 2.75) is 13.8 Å². The fourth-order valence-electron chi connectivity index (χ4n) is 0.928. The van der Waals surface area contributed by atoms with Gasteiger partial charge in [-0.05, 0) is 25.5 Å². The summed E-state index contributed by atoms with van der Waals surface area (Å²) < 4.78 is 0. The number of oxime groups is 1. The minimum absolute atomic E-state index is 0.598. The second-order valence-corrected chi connectivity index (χ2v) is 2.99. The Morgan fingerprint density at radius 1 is 1.31 bits per heavy atom. The molecule has 0 aliphatic carbocycles. The summed E-state index contributed by atoms with van der Waals surface area (Å²) in [5.41, 5.74) is 2.94. The quantitative estimate of drug-likeness (QED) is 0.418. The van der Waals surface area contributed by atoms with Crippen LogP contribution in [0.2, 0.25) is 0 Å². The predicted octanol–water partition coefficient (Wildman–Crippen LogP) is 2.86. The zero-order valence-electron chi connectivity index (χ0n) is 7.86. The van der Waals surface area contributed by atoms with Crippen molar-refractivity contribution in [3.63, 3.8) is 0 Å². The van der Waals surface area contributed by atoms with Gasteiger partial charge in [-0.3, -0.25) is 0 Å². The van der Waals surface area contributed by atoms with Gasteiger partial charge in [-0.2, -0.15) is 0 Å². The van der Waals surface area contributed by atoms with E-state index in [-0.39, 0.29) is 0 Å². The highest BCUT2D eigenvalue weighted by Gasteiger charge is 1.86. The lowest BCUT2D eigenvalue weighted by molar-refractivity contribution is 0.319. The molecule has 1 aromatic carbocycles. The molecule has 2 heteroatoms. The van der Waals surface area contributed by atoms with E-state index in [2.05, 4.69) is 5.16 Å². The molecule has 0 aromatic heterocycles. The van der Waals surface area contributed by atoms with Crippen molar-refractivity contribution in [1.82, 2.24) is 0 Å². The van der Waals surface area contributed by atoms with Crippen molar-refractivity contribution in [2.24, 2.45) is 5.16 Å². The van der Waals surface area contributed by atoms with Crippen LogP contribution in [0.5, 0.6) is 0 Å². The van der Waals surface area contributed by atoms with Gasteiger partial charge in [-0.1, -0.05) is 41.1 Å². The number of nitrogens with zero attached hydrogens (tertiary/aromatic N) is 1. The van der Waals surface area contributed by atoms with E-state index in [1.54, 1.807) is 13.0 Å². The van der Waals surface area contributed by atoms with E-state index in [0.717, 1.165) is 5.56 Å². The fourth-order valence-corrected chi connectivity index (χ4v) is 0.928. The first-order valence-electron chi connectivity index (χ1n) is 4.16. The molecule has 0 spiro atoms. The highest BCUT2D eigenvalue weighted by Crippen LogP contribution is 2.04. The summed E-state index contributed by atoms with van der Waals surface area (Å²) in [4.78, 5) is 0. The van der Waals surface area contributed by atoms with Crippen LogP contribution in [0, 0.1) is 6.92 Å². The largest absolute Gasteiger partial charge is 0.411 e. The van der Waals surface area contributed by atoms with Crippen LogP contribution in [0.25, 0.3) is 6.08 Å². The zero-order valence-corrected chi connectivity index (χ0v) is 7.86. The van der Waals surface area contributed by atoms with Crippen molar-refractivity contribution in [3.8, 4) is 0 Å². The third kappa shape index (κ3) is 3.11. The first-order valence-corrected chi connectivity index (χ1v) is 4.16. The second-order valence-electron chi connectivity index (χ2n) is 2.99. The third-order valence-electron chi connectivity index (χ3n) is 1.75. The molecule has 2 nitrogen and oxygen atoms in total. The molecule has 0 heterocycles. The molecule has 0 bridgehead atoms. The third-order valence-corrected chi connectivity index (χ3v) is 1.75. The Kier molecular flexibility index (Phi) is 3.26. The number of benzene rings is 1. The Labute approximate surface area is 78.2 Å². The average Bonchev–Trinajstić information content (AvgIpc) is 2.16. The van der Waals surface area contributed by atoms with Crippen molar-refractivity contribution in [2.75, 3.05) is 0 Å². The van der Waals surface area contributed by atoms with Gasteiger partial charge in [0.1, 0.15) is 0 Å². The summed E-state index contributed by atoms with van der Waals surface area (Å²) in [6.45, 7) is 3.79. The van der Waals surface area contributed by atoms with Crippen LogP contribution in [0.1, 0.15) is 18.1 Å². The monoisotopic (exact) mass is 175 g/mol. The normalized spacial score (nSPS) is 12.3. The molecule has 0 amide bonds. The molecule has 13 heavy (non-hydrogen) atoms. The molecule has 68 valence electrons. The standard InChI is InChI=1S/C11H13NO/c1-9-3-6-11(7-4-9)8-5-10(2)12-13/h3-8,13H,1-2H3/b8-5+,12-10+. The maximum Gasteiger partial charge on any atom is 0.0765 e. The Morgan fingerprint density at radius 2 is 1.92 bits per heavy atom. The van der Waals surface area contributed by atoms with E-state index in [4.69, 9.17) is 5.21 Å². The molecule has 0 aliphatic rings. The molecule has 0 aliphatic heterocycles. The maximum absolute atomic E-state index is 8.39. The topological polar surface area (TPSA) is 32.6 Å². The van der Waals surface area contributed by atoms with Crippen LogP contribution >= 0.6 is 0 Å². The van der Waals surface area contributed by atoms with Crippen LogP contribution in [-0.2, 0) is 0 Å². The van der Waals surface area contributed by atoms with E-state index in [9.17, 15) is 0 Å². The molecule has 1 rings (SSSR count). The first kappa shape index (κ1) is 9.52. The molecule has 1 N–H and O–H groups in total. The lowest BCUT2D eigenvalue weighted by Crippen LogP contribution is -1.82. The van der Waals surface area contributed by atoms with Gasteiger partial charge in [-0.25, -0.2) is 0 Å². The fraction of sp³-hybridized carbons (Fsp3) is 0.182. The maximum atomic E-state index is 8.39. The van der Waals surface area contributed by atoms with Crippen LogP contribution in [-0.4, -0.2) is 10.9 Å². The van der Waals surface area contributed by atoms with Crippen molar-refractivity contribution in [1.29, 1.82) is 0 Å². The smallest absolute Gasteiger partial charge is 0.0765 e.